The minimum Gasteiger partial charge on any atom is -0.477 e. The van der Waals surface area contributed by atoms with E-state index in [2.05, 4.69) is 31.3 Å². The number of ether oxygens (including phenoxy) is 8. The summed E-state index contributed by atoms with van der Waals surface area (Å²) in [5.74, 6) is -6.40. The van der Waals surface area contributed by atoms with Crippen LogP contribution >= 0.6 is 0 Å². The predicted octanol–water partition coefficient (Wildman–Crippen LogP) is -1.36. The maximum absolute atomic E-state index is 13.3. The minimum atomic E-state index is -1.56. The number of nitrogens with zero attached hydrogens (tertiary/aromatic N) is 2. The van der Waals surface area contributed by atoms with Crippen LogP contribution in [0.1, 0.15) is 25.0 Å². The average molecular weight is 981 g/mol. The molecule has 0 bridgehead atoms. The van der Waals surface area contributed by atoms with E-state index >= 15 is 0 Å². The molecular weight excluding hydrogens is 933 g/mol. The van der Waals surface area contributed by atoms with E-state index in [9.17, 15) is 48.6 Å². The zero-order valence-electron chi connectivity index (χ0n) is 37.0. The Morgan fingerprint density at radius 2 is 0.971 bits per heavy atom. The Morgan fingerprint density at radius 3 is 1.26 bits per heavy atom. The minimum absolute atomic E-state index is 0.0723. The van der Waals surface area contributed by atoms with Crippen molar-refractivity contribution in [3.05, 3.63) is 83.3 Å². The van der Waals surface area contributed by atoms with Crippen LogP contribution in [0.4, 0.5) is 19.2 Å². The third-order valence-corrected chi connectivity index (χ3v) is 10.6. The highest BCUT2D eigenvalue weighted by Crippen LogP contribution is 2.31. The van der Waals surface area contributed by atoms with Crippen LogP contribution in [-0.4, -0.2) is 144 Å². The number of alkyl carbamates (subject to hydrolysis) is 2. The number of amides is 4. The quantitative estimate of drug-likeness (QED) is 0.0379. The van der Waals surface area contributed by atoms with Crippen LogP contribution in [0, 0.1) is 0 Å². The average Bonchev–Trinajstić information content (AvgIpc) is 3.94. The van der Waals surface area contributed by atoms with Crippen molar-refractivity contribution >= 4 is 60.2 Å². The van der Waals surface area contributed by atoms with Crippen LogP contribution in [0.25, 0.3) is 11.1 Å². The first kappa shape index (κ1) is 50.4. The molecule has 0 aromatic heterocycles. The lowest BCUT2D eigenvalue weighted by Gasteiger charge is -2.39. The standard InChI is InChI=1S/C42H48N10O18/c1-17(53)49-29-23(51-37(43)44)11-25(35(55)56)65-33(29)31(27-15-63-41(61)67-27)69-39(59)47-13-19-3-7-21(8-4-19)22-9-5-20(6-10-22)14-48-40(60)70-32(28-16-64-42(62)68-28)34-30(50-18(2)54)24(52-38(45)46)12-26(66-34)36(57)58/h3-12,23-24,27-34H,13-16H2,1-2H3,(H,47,59)(H,48,60)(H,49,53)(H,50,54)(H,55,56)(H,57,58)(H4,43,44,51)(H4,45,46,52)/t23-,24-,27+,28+,29+,30+,31+,32+,33+,34+/m0/s1. The number of nitrogens with two attached hydrogens (primary N) is 4. The van der Waals surface area contributed by atoms with Crippen LogP contribution < -0.4 is 44.2 Å². The molecule has 28 nitrogen and oxygen atoms in total. The molecule has 6 rings (SSSR count). The number of cyclic esters (lactones) is 4. The monoisotopic (exact) mass is 980 g/mol. The summed E-state index contributed by atoms with van der Waals surface area (Å²) in [5, 5.41) is 29.9. The number of carboxylic acid groups (broad SMARTS) is 2. The molecule has 4 aliphatic heterocycles. The molecule has 4 aliphatic rings. The van der Waals surface area contributed by atoms with Gasteiger partial charge in [0.2, 0.25) is 23.3 Å². The van der Waals surface area contributed by atoms with Crippen molar-refractivity contribution in [1.82, 2.24) is 21.3 Å². The summed E-state index contributed by atoms with van der Waals surface area (Å²) in [7, 11) is 0. The highest BCUT2D eigenvalue weighted by Gasteiger charge is 2.51. The zero-order valence-corrected chi connectivity index (χ0v) is 37.0. The Labute approximate surface area is 395 Å². The zero-order chi connectivity index (χ0) is 50.8. The van der Waals surface area contributed by atoms with E-state index in [1.165, 1.54) is 13.8 Å². The van der Waals surface area contributed by atoms with E-state index in [1.54, 1.807) is 48.5 Å². The van der Waals surface area contributed by atoms with E-state index in [0.717, 1.165) is 23.3 Å². The van der Waals surface area contributed by atoms with Crippen molar-refractivity contribution < 1.29 is 86.5 Å². The van der Waals surface area contributed by atoms with Gasteiger partial charge in [-0.1, -0.05) is 48.5 Å². The van der Waals surface area contributed by atoms with Crippen molar-refractivity contribution in [1.29, 1.82) is 0 Å². The van der Waals surface area contributed by atoms with Crippen molar-refractivity contribution in [2.75, 3.05) is 13.2 Å². The number of hydrogen-bond donors (Lipinski definition) is 10. The van der Waals surface area contributed by atoms with Gasteiger partial charge in [-0.3, -0.25) is 9.59 Å². The second-order valence-electron chi connectivity index (χ2n) is 15.7. The maximum atomic E-state index is 13.3. The van der Waals surface area contributed by atoms with E-state index in [0.29, 0.717) is 11.1 Å². The Bertz CT molecular complexity index is 2300. The number of hydrogen-bond acceptors (Lipinski definition) is 18. The van der Waals surface area contributed by atoms with Gasteiger partial charge in [-0.2, -0.15) is 0 Å². The van der Waals surface area contributed by atoms with Gasteiger partial charge < -0.3 is 92.3 Å². The normalized spacial score (nSPS) is 24.2. The largest absolute Gasteiger partial charge is 0.508 e. The molecule has 14 N–H and O–H groups in total. The third kappa shape index (κ3) is 13.1. The Balaban J connectivity index is 1.08. The molecule has 2 aromatic rings. The first-order valence-corrected chi connectivity index (χ1v) is 20.9. The highest BCUT2D eigenvalue weighted by atomic mass is 16.8. The van der Waals surface area contributed by atoms with Gasteiger partial charge >= 0.3 is 36.4 Å². The van der Waals surface area contributed by atoms with Gasteiger partial charge in [0.15, 0.2) is 48.5 Å². The van der Waals surface area contributed by atoms with Crippen LogP contribution in [-0.2, 0) is 70.2 Å². The smallest absolute Gasteiger partial charge is 0.477 e. The molecule has 70 heavy (non-hydrogen) atoms. The molecule has 0 unspecified atom stereocenters. The van der Waals surface area contributed by atoms with Crippen LogP contribution in [0.2, 0.25) is 0 Å². The summed E-state index contributed by atoms with van der Waals surface area (Å²) in [6.45, 7) is 1.37. The van der Waals surface area contributed by atoms with Crippen LogP contribution in [0.3, 0.4) is 0 Å². The molecule has 0 aliphatic carbocycles. The molecule has 2 aromatic carbocycles. The van der Waals surface area contributed by atoms with Gasteiger partial charge in [0.1, 0.15) is 13.2 Å². The molecular formula is C42H48N10O18. The number of benzene rings is 2. The fourth-order valence-electron chi connectivity index (χ4n) is 7.62. The Kier molecular flexibility index (Phi) is 16.0. The summed E-state index contributed by atoms with van der Waals surface area (Å²) in [6, 6.07) is 9.11. The fraction of sp³-hybridized carbons (Fsp3) is 0.381. The first-order valence-electron chi connectivity index (χ1n) is 20.9. The summed E-state index contributed by atoms with van der Waals surface area (Å²) < 4.78 is 42.9. The molecule has 374 valence electrons. The molecule has 2 saturated heterocycles. The van der Waals surface area contributed by atoms with Crippen LogP contribution in [0.15, 0.2) is 82.2 Å². The number of guanidine groups is 2. The molecule has 4 amide bonds. The molecule has 4 heterocycles. The van der Waals surface area contributed by atoms with Crippen LogP contribution in [0.5, 0.6) is 0 Å². The van der Waals surface area contributed by atoms with Crippen molar-refractivity contribution in [2.24, 2.45) is 32.9 Å². The SMILES string of the molecule is CC(=O)N[C@H]1[C@H]([C@H](OC(=O)NCc2ccc(-c3ccc(CNC(=O)O[C@@H]([C@@H]4OC(C(=O)O)=C[C@H](N=C(N)N)[C@H]4NC(C)=O)[C@H]4COC(=O)O4)cc3)cc2)[C@H]2COC(=O)O2)OC(C(=O)O)=C[C@@H]1N=C(N)N. The van der Waals surface area contributed by atoms with Crippen molar-refractivity contribution in [3.63, 3.8) is 0 Å². The Hall–Kier alpha value is -8.98. The number of aliphatic carboxylic acids is 2. The molecule has 0 saturated carbocycles. The predicted molar refractivity (Wildman–Crippen MR) is 234 cm³/mol. The lowest BCUT2D eigenvalue weighted by molar-refractivity contribution is -0.145. The van der Waals surface area contributed by atoms with E-state index in [-0.39, 0.29) is 13.1 Å². The van der Waals surface area contributed by atoms with Crippen molar-refractivity contribution in [2.45, 2.75) is 87.7 Å². The summed E-state index contributed by atoms with van der Waals surface area (Å²) >= 11 is 0. The highest BCUT2D eigenvalue weighted by molar-refractivity contribution is 5.86. The number of carbonyl (C=O) groups excluding carboxylic acids is 6. The number of rotatable bonds is 17. The Morgan fingerprint density at radius 1 is 0.614 bits per heavy atom. The second-order valence-corrected chi connectivity index (χ2v) is 15.7. The number of aliphatic imine (C=N–C) groups is 2. The number of carboxylic acids is 2. The third-order valence-electron chi connectivity index (χ3n) is 10.6. The van der Waals surface area contributed by atoms with Gasteiger partial charge in [0.05, 0.1) is 24.2 Å². The summed E-state index contributed by atoms with van der Waals surface area (Å²) in [5.41, 5.74) is 25.1. The summed E-state index contributed by atoms with van der Waals surface area (Å²) in [4.78, 5) is 107. The first-order chi connectivity index (χ1) is 33.2. The molecule has 2 fully saturated rings. The van der Waals surface area contributed by atoms with Gasteiger partial charge in [0.25, 0.3) is 0 Å². The summed E-state index contributed by atoms with van der Waals surface area (Å²) in [6.07, 6.45) is -10.9. The molecule has 0 radical (unpaired) electrons. The van der Waals surface area contributed by atoms with Crippen molar-refractivity contribution in [3.8, 4) is 11.1 Å². The lowest BCUT2D eigenvalue weighted by Crippen LogP contribution is -2.61. The van der Waals surface area contributed by atoms with Gasteiger partial charge in [0, 0.05) is 26.9 Å². The lowest BCUT2D eigenvalue weighted by atomic mass is 9.92. The topological polar surface area (TPSA) is 428 Å². The van der Waals surface area contributed by atoms with E-state index in [4.69, 9.17) is 60.8 Å². The second kappa shape index (κ2) is 22.2. The maximum Gasteiger partial charge on any atom is 0.508 e. The molecule has 0 spiro atoms. The number of nitrogens with one attached hydrogen (secondary N) is 4. The van der Waals surface area contributed by atoms with E-state index < -0.39 is 146 Å². The van der Waals surface area contributed by atoms with Gasteiger partial charge in [-0.15, -0.1) is 0 Å². The van der Waals surface area contributed by atoms with Gasteiger partial charge in [-0.05, 0) is 34.4 Å². The number of carbonyl (C=O) groups is 8. The van der Waals surface area contributed by atoms with E-state index in [1.807, 2.05) is 0 Å². The fourth-order valence-corrected chi connectivity index (χ4v) is 7.62. The van der Waals surface area contributed by atoms with Gasteiger partial charge in [-0.25, -0.2) is 38.8 Å². The molecule has 28 heteroatoms. The molecule has 10 atom stereocenters.